The lowest BCUT2D eigenvalue weighted by molar-refractivity contribution is -0.138. The second-order valence-corrected chi connectivity index (χ2v) is 11.1. The van der Waals surface area contributed by atoms with Crippen molar-refractivity contribution in [1.29, 1.82) is 0 Å². The van der Waals surface area contributed by atoms with Gasteiger partial charge in [-0.25, -0.2) is 0 Å². The molecule has 1 aromatic rings. The number of carbonyl (C=O) groups excluding carboxylic acids is 1. The molecule has 0 aromatic heterocycles. The third-order valence-electron chi connectivity index (χ3n) is 6.21. The Bertz CT molecular complexity index is 889. The second kappa shape index (κ2) is 10.1. The average molecular weight is 460 g/mol. The normalized spacial score (nSPS) is 23.9. The first-order valence-corrected chi connectivity index (χ1v) is 12.1. The van der Waals surface area contributed by atoms with Crippen molar-refractivity contribution in [1.82, 2.24) is 10.2 Å². The van der Waals surface area contributed by atoms with Crippen LogP contribution in [0.5, 0.6) is 0 Å². The van der Waals surface area contributed by atoms with Crippen molar-refractivity contribution in [2.24, 2.45) is 11.1 Å². The maximum atomic E-state index is 12.9. The number of carbonyl (C=O) groups is 1. The molecule has 1 aromatic carbocycles. The van der Waals surface area contributed by atoms with Crippen LogP contribution in [-0.2, 0) is 11.3 Å². The van der Waals surface area contributed by atoms with Gasteiger partial charge in [0.2, 0.25) is 5.91 Å². The monoisotopic (exact) mass is 459 g/mol. The molecule has 4 atom stereocenters. The molecule has 3 rings (SSSR count). The zero-order valence-electron chi connectivity index (χ0n) is 19.8. The number of likely N-dealkylation sites (tertiary alicyclic amines) is 1. The standard InChI is InChI=1S/C25H37N3O3S/c1-15-10-16(2)21(32-14-15)18-8-6-17(7-9-18)12-27-23(30)20-11-19(29)13-28(20)24(31)22(26)25(3,4)5/h6-9,14,19-20,22-23,27,29-30H,10-13,26H2,1-5H3/t19-,20+,22-,23?/m1/s1. The molecule has 1 amide bonds. The summed E-state index contributed by atoms with van der Waals surface area (Å²) in [5.74, 6) is -0.234. The molecule has 2 aliphatic heterocycles. The van der Waals surface area contributed by atoms with Crippen molar-refractivity contribution < 1.29 is 15.0 Å². The zero-order chi connectivity index (χ0) is 23.6. The summed E-state index contributed by atoms with van der Waals surface area (Å²) in [7, 11) is 0. The van der Waals surface area contributed by atoms with E-state index in [-0.39, 0.29) is 12.5 Å². The summed E-state index contributed by atoms with van der Waals surface area (Å²) in [5.41, 5.74) is 10.8. The van der Waals surface area contributed by atoms with E-state index in [1.165, 1.54) is 26.5 Å². The summed E-state index contributed by atoms with van der Waals surface area (Å²) < 4.78 is 0. The molecule has 6 nitrogen and oxygen atoms in total. The van der Waals surface area contributed by atoms with Gasteiger partial charge in [-0.05, 0) is 48.6 Å². The molecular weight excluding hydrogens is 422 g/mol. The van der Waals surface area contributed by atoms with E-state index >= 15 is 0 Å². The number of nitrogens with one attached hydrogen (secondary N) is 1. The highest BCUT2D eigenvalue weighted by molar-refractivity contribution is 8.11. The highest BCUT2D eigenvalue weighted by Gasteiger charge is 2.42. The number of nitrogens with zero attached hydrogens (tertiary/aromatic N) is 1. The van der Waals surface area contributed by atoms with Crippen molar-refractivity contribution in [3.63, 3.8) is 0 Å². The van der Waals surface area contributed by atoms with Gasteiger partial charge in [-0.3, -0.25) is 10.1 Å². The summed E-state index contributed by atoms with van der Waals surface area (Å²) in [6.07, 6.45) is -0.268. The summed E-state index contributed by atoms with van der Waals surface area (Å²) in [6, 6.07) is 7.14. The first kappa shape index (κ1) is 25.0. The van der Waals surface area contributed by atoms with Crippen molar-refractivity contribution in [2.75, 3.05) is 6.54 Å². The highest BCUT2D eigenvalue weighted by Crippen LogP contribution is 2.39. The number of benzene rings is 1. The zero-order valence-corrected chi connectivity index (χ0v) is 20.6. The molecule has 0 spiro atoms. The summed E-state index contributed by atoms with van der Waals surface area (Å²) >= 11 is 1.77. The summed E-state index contributed by atoms with van der Waals surface area (Å²) in [6.45, 7) is 10.7. The van der Waals surface area contributed by atoms with Crippen LogP contribution in [0.4, 0.5) is 0 Å². The number of hydrogen-bond acceptors (Lipinski definition) is 6. The average Bonchev–Trinajstić information content (AvgIpc) is 3.12. The summed E-state index contributed by atoms with van der Waals surface area (Å²) in [4.78, 5) is 15.7. The molecule has 1 fully saturated rings. The number of allylic oxidation sites excluding steroid dienone is 2. The quantitative estimate of drug-likeness (QED) is 0.488. The summed E-state index contributed by atoms with van der Waals surface area (Å²) in [5, 5.41) is 26.3. The first-order chi connectivity index (χ1) is 15.0. The van der Waals surface area contributed by atoms with Crippen LogP contribution in [0, 0.1) is 5.41 Å². The lowest BCUT2D eigenvalue weighted by atomic mass is 9.86. The van der Waals surface area contributed by atoms with Gasteiger partial charge in [0.15, 0.2) is 0 Å². The third-order valence-corrected chi connectivity index (χ3v) is 7.55. The Hall–Kier alpha value is -1.64. The number of aliphatic hydroxyl groups is 2. The van der Waals surface area contributed by atoms with Gasteiger partial charge in [0.05, 0.1) is 18.2 Å². The lowest BCUT2D eigenvalue weighted by Gasteiger charge is -2.34. The van der Waals surface area contributed by atoms with Crippen molar-refractivity contribution in [3.05, 3.63) is 51.9 Å². The van der Waals surface area contributed by atoms with Gasteiger partial charge in [-0.2, -0.15) is 0 Å². The van der Waals surface area contributed by atoms with Crippen molar-refractivity contribution >= 4 is 22.6 Å². The lowest BCUT2D eigenvalue weighted by Crippen LogP contribution is -2.56. The molecule has 0 bridgehead atoms. The first-order valence-electron chi connectivity index (χ1n) is 11.2. The van der Waals surface area contributed by atoms with E-state index in [2.05, 4.69) is 48.8 Å². The maximum absolute atomic E-state index is 12.9. The number of hydrogen-bond donors (Lipinski definition) is 4. The largest absolute Gasteiger partial charge is 0.391 e. The van der Waals surface area contributed by atoms with Crippen LogP contribution in [0.25, 0.3) is 4.91 Å². The predicted octanol–water partition coefficient (Wildman–Crippen LogP) is 3.20. The number of nitrogens with two attached hydrogens (primary N) is 1. The molecule has 0 saturated carbocycles. The SMILES string of the molecule is CC1=CSC(c2ccc(CNC(O)[C@@H]3C[C@@H](O)CN3C(=O)[C@@H](N)C(C)(C)C)cc2)=C(C)C1. The number of rotatable bonds is 6. The van der Waals surface area contributed by atoms with Gasteiger partial charge < -0.3 is 20.8 Å². The fourth-order valence-corrected chi connectivity index (χ4v) is 5.14. The van der Waals surface area contributed by atoms with Gasteiger partial charge in [0.1, 0.15) is 6.23 Å². The molecule has 5 N–H and O–H groups in total. The van der Waals surface area contributed by atoms with Crippen LogP contribution < -0.4 is 11.1 Å². The minimum Gasteiger partial charge on any atom is -0.391 e. The van der Waals surface area contributed by atoms with Crippen LogP contribution in [-0.4, -0.2) is 52.0 Å². The Morgan fingerprint density at radius 1 is 1.28 bits per heavy atom. The smallest absolute Gasteiger partial charge is 0.240 e. The molecule has 0 radical (unpaired) electrons. The van der Waals surface area contributed by atoms with E-state index in [1.54, 1.807) is 11.8 Å². The Labute approximate surface area is 195 Å². The minimum atomic E-state index is -0.949. The maximum Gasteiger partial charge on any atom is 0.240 e. The van der Waals surface area contributed by atoms with E-state index < -0.39 is 29.8 Å². The topological polar surface area (TPSA) is 98.8 Å². The molecule has 32 heavy (non-hydrogen) atoms. The second-order valence-electron chi connectivity index (χ2n) is 10.2. The van der Waals surface area contributed by atoms with Crippen LogP contribution >= 0.6 is 11.8 Å². The molecular formula is C25H37N3O3S. The van der Waals surface area contributed by atoms with Gasteiger partial charge in [-0.15, -0.1) is 0 Å². The number of amides is 1. The van der Waals surface area contributed by atoms with E-state index in [1.807, 2.05) is 20.8 Å². The van der Waals surface area contributed by atoms with Gasteiger partial charge >= 0.3 is 0 Å². The number of thioether (sulfide) groups is 1. The Morgan fingerprint density at radius 3 is 2.53 bits per heavy atom. The van der Waals surface area contributed by atoms with E-state index in [9.17, 15) is 15.0 Å². The number of β-amino-alcohol motifs (C(OH)–C–C–N with tert-alkyl or cyclic N) is 1. The van der Waals surface area contributed by atoms with E-state index in [0.29, 0.717) is 13.0 Å². The fourth-order valence-electron chi connectivity index (χ4n) is 4.19. The molecule has 0 aliphatic carbocycles. The van der Waals surface area contributed by atoms with Gasteiger partial charge in [-0.1, -0.05) is 67.9 Å². The van der Waals surface area contributed by atoms with Crippen molar-refractivity contribution in [3.8, 4) is 0 Å². The van der Waals surface area contributed by atoms with Crippen LogP contribution in [0.3, 0.4) is 0 Å². The van der Waals surface area contributed by atoms with Crippen LogP contribution in [0.2, 0.25) is 0 Å². The van der Waals surface area contributed by atoms with E-state index in [0.717, 1.165) is 12.0 Å². The Balaban J connectivity index is 1.61. The van der Waals surface area contributed by atoms with Crippen molar-refractivity contribution in [2.45, 2.75) is 78.4 Å². The van der Waals surface area contributed by atoms with Gasteiger partial charge in [0.25, 0.3) is 0 Å². The fraction of sp³-hybridized carbons (Fsp3) is 0.560. The molecule has 2 heterocycles. The highest BCUT2D eigenvalue weighted by atomic mass is 32.2. The van der Waals surface area contributed by atoms with Gasteiger partial charge in [0, 0.05) is 18.0 Å². The van der Waals surface area contributed by atoms with E-state index in [4.69, 9.17) is 5.73 Å². The minimum absolute atomic E-state index is 0.195. The Kier molecular flexibility index (Phi) is 7.89. The molecule has 176 valence electrons. The molecule has 1 saturated heterocycles. The predicted molar refractivity (Wildman–Crippen MR) is 131 cm³/mol. The van der Waals surface area contributed by atoms with Crippen LogP contribution in [0.15, 0.2) is 40.8 Å². The third kappa shape index (κ3) is 5.83. The Morgan fingerprint density at radius 2 is 1.94 bits per heavy atom. The number of aliphatic hydroxyl groups excluding tert-OH is 2. The van der Waals surface area contributed by atoms with Crippen LogP contribution in [0.1, 0.15) is 58.6 Å². The molecule has 2 aliphatic rings. The molecule has 7 heteroatoms. The molecule has 1 unspecified atom stereocenters.